The highest BCUT2D eigenvalue weighted by molar-refractivity contribution is 6.99. The number of hydrogen-bond acceptors (Lipinski definition) is 4. The van der Waals surface area contributed by atoms with E-state index in [4.69, 9.17) is 5.73 Å². The summed E-state index contributed by atoms with van der Waals surface area (Å²) >= 11 is 1.21. The molecule has 1 atom stereocenters. The van der Waals surface area contributed by atoms with Crippen LogP contribution in [0, 0.1) is 20.8 Å². The predicted octanol–water partition coefficient (Wildman–Crippen LogP) is 2.71. The summed E-state index contributed by atoms with van der Waals surface area (Å²) < 4.78 is 8.19. The van der Waals surface area contributed by atoms with E-state index in [2.05, 4.69) is 41.7 Å². The van der Waals surface area contributed by atoms with Gasteiger partial charge in [-0.15, -0.1) is 0 Å². The van der Waals surface area contributed by atoms with Crippen molar-refractivity contribution in [1.82, 2.24) is 8.75 Å². The SMILES string of the molecule is Cc1cc(C)c(CC(N)c2cnsn2)c(C)c1. The van der Waals surface area contributed by atoms with Crippen molar-refractivity contribution in [3.8, 4) is 0 Å². The Balaban J connectivity index is 2.25. The van der Waals surface area contributed by atoms with E-state index in [1.807, 2.05) is 0 Å². The second-order valence-corrected chi connectivity index (χ2v) is 5.08. The third-order valence-corrected chi connectivity index (χ3v) is 3.51. The summed E-state index contributed by atoms with van der Waals surface area (Å²) in [5.74, 6) is 0. The quantitative estimate of drug-likeness (QED) is 0.907. The summed E-state index contributed by atoms with van der Waals surface area (Å²) in [5.41, 5.74) is 12.3. The molecule has 1 heterocycles. The zero-order valence-electron chi connectivity index (χ0n) is 10.4. The number of nitrogens with zero attached hydrogens (tertiary/aromatic N) is 2. The largest absolute Gasteiger partial charge is 0.322 e. The summed E-state index contributed by atoms with van der Waals surface area (Å²) in [6.07, 6.45) is 2.58. The summed E-state index contributed by atoms with van der Waals surface area (Å²) in [7, 11) is 0. The Morgan fingerprint density at radius 3 is 2.41 bits per heavy atom. The summed E-state index contributed by atoms with van der Waals surface area (Å²) in [6, 6.07) is 4.34. The molecule has 1 unspecified atom stereocenters. The Morgan fingerprint density at radius 1 is 1.24 bits per heavy atom. The molecule has 0 aliphatic heterocycles. The van der Waals surface area contributed by atoms with E-state index in [9.17, 15) is 0 Å². The normalized spacial score (nSPS) is 12.7. The summed E-state index contributed by atoms with van der Waals surface area (Å²) in [5, 5.41) is 0. The molecule has 0 spiro atoms. The highest BCUT2D eigenvalue weighted by Crippen LogP contribution is 2.22. The zero-order valence-corrected chi connectivity index (χ0v) is 11.2. The zero-order chi connectivity index (χ0) is 12.4. The molecule has 0 aliphatic carbocycles. The Hall–Kier alpha value is -1.26. The molecule has 17 heavy (non-hydrogen) atoms. The van der Waals surface area contributed by atoms with Crippen LogP contribution >= 0.6 is 11.7 Å². The smallest absolute Gasteiger partial charge is 0.0913 e. The lowest BCUT2D eigenvalue weighted by Crippen LogP contribution is -2.15. The number of aromatic nitrogens is 2. The van der Waals surface area contributed by atoms with Gasteiger partial charge in [0.1, 0.15) is 0 Å². The van der Waals surface area contributed by atoms with Gasteiger partial charge in [0, 0.05) is 0 Å². The van der Waals surface area contributed by atoms with Crippen LogP contribution in [0.5, 0.6) is 0 Å². The van der Waals surface area contributed by atoms with E-state index in [0.29, 0.717) is 0 Å². The Labute approximate surface area is 106 Å². The highest BCUT2D eigenvalue weighted by atomic mass is 32.1. The lowest BCUT2D eigenvalue weighted by Gasteiger charge is -2.14. The number of aryl methyl sites for hydroxylation is 3. The third-order valence-electron chi connectivity index (χ3n) is 3.02. The van der Waals surface area contributed by atoms with E-state index < -0.39 is 0 Å². The van der Waals surface area contributed by atoms with Gasteiger partial charge in [-0.1, -0.05) is 17.7 Å². The molecular formula is C13H17N3S. The van der Waals surface area contributed by atoms with Crippen molar-refractivity contribution < 1.29 is 0 Å². The van der Waals surface area contributed by atoms with Crippen molar-refractivity contribution in [2.75, 3.05) is 0 Å². The van der Waals surface area contributed by atoms with Gasteiger partial charge in [-0.25, -0.2) is 0 Å². The van der Waals surface area contributed by atoms with Crippen LogP contribution in [-0.2, 0) is 6.42 Å². The molecule has 2 rings (SSSR count). The van der Waals surface area contributed by atoms with Gasteiger partial charge in [0.25, 0.3) is 0 Å². The first-order valence-corrected chi connectivity index (χ1v) is 6.40. The monoisotopic (exact) mass is 247 g/mol. The minimum Gasteiger partial charge on any atom is -0.322 e. The van der Waals surface area contributed by atoms with Crippen molar-refractivity contribution in [2.24, 2.45) is 5.73 Å². The van der Waals surface area contributed by atoms with Crippen LogP contribution < -0.4 is 5.73 Å². The standard InChI is InChI=1S/C13H17N3S/c1-8-4-9(2)11(10(3)5-8)6-12(14)13-7-15-17-16-13/h4-5,7,12H,6,14H2,1-3H3. The molecule has 0 bridgehead atoms. The van der Waals surface area contributed by atoms with Gasteiger partial charge in [0.15, 0.2) is 0 Å². The molecule has 1 aromatic heterocycles. The van der Waals surface area contributed by atoms with Crippen LogP contribution in [-0.4, -0.2) is 8.75 Å². The van der Waals surface area contributed by atoms with Gasteiger partial charge in [0.2, 0.25) is 0 Å². The van der Waals surface area contributed by atoms with Gasteiger partial charge < -0.3 is 5.73 Å². The van der Waals surface area contributed by atoms with Crippen molar-refractivity contribution >= 4 is 11.7 Å². The van der Waals surface area contributed by atoms with Crippen molar-refractivity contribution in [3.63, 3.8) is 0 Å². The van der Waals surface area contributed by atoms with E-state index in [1.54, 1.807) is 6.20 Å². The van der Waals surface area contributed by atoms with Crippen molar-refractivity contribution in [3.05, 3.63) is 46.3 Å². The first-order valence-electron chi connectivity index (χ1n) is 5.67. The molecule has 0 radical (unpaired) electrons. The average molecular weight is 247 g/mol. The van der Waals surface area contributed by atoms with Crippen LogP contribution in [0.4, 0.5) is 0 Å². The Kier molecular flexibility index (Phi) is 3.54. The number of benzene rings is 1. The Morgan fingerprint density at radius 2 is 1.88 bits per heavy atom. The predicted molar refractivity (Wildman–Crippen MR) is 71.2 cm³/mol. The van der Waals surface area contributed by atoms with Gasteiger partial charge >= 0.3 is 0 Å². The molecule has 0 amide bonds. The van der Waals surface area contributed by atoms with E-state index >= 15 is 0 Å². The average Bonchev–Trinajstić information content (AvgIpc) is 2.76. The van der Waals surface area contributed by atoms with Gasteiger partial charge in [-0.2, -0.15) is 8.75 Å². The maximum Gasteiger partial charge on any atom is 0.0913 e. The molecule has 0 fully saturated rings. The van der Waals surface area contributed by atoms with E-state index in [0.717, 1.165) is 12.1 Å². The second-order valence-electron chi connectivity index (χ2n) is 4.52. The van der Waals surface area contributed by atoms with Gasteiger partial charge in [-0.05, 0) is 43.9 Å². The van der Waals surface area contributed by atoms with Crippen LogP contribution in [0.15, 0.2) is 18.3 Å². The molecule has 0 saturated carbocycles. The fraction of sp³-hybridized carbons (Fsp3) is 0.385. The van der Waals surface area contributed by atoms with Crippen LogP contribution in [0.25, 0.3) is 0 Å². The molecule has 1 aromatic carbocycles. The fourth-order valence-electron chi connectivity index (χ4n) is 2.19. The van der Waals surface area contributed by atoms with E-state index in [1.165, 1.54) is 34.0 Å². The lowest BCUT2D eigenvalue weighted by molar-refractivity contribution is 0.698. The van der Waals surface area contributed by atoms with Crippen LogP contribution in [0.1, 0.15) is 34.0 Å². The molecule has 2 N–H and O–H groups in total. The van der Waals surface area contributed by atoms with Crippen molar-refractivity contribution in [1.29, 1.82) is 0 Å². The number of hydrogen-bond donors (Lipinski definition) is 1. The minimum absolute atomic E-state index is 0.0612. The number of rotatable bonds is 3. The van der Waals surface area contributed by atoms with Crippen LogP contribution in [0.2, 0.25) is 0 Å². The van der Waals surface area contributed by atoms with Gasteiger partial charge in [0.05, 0.1) is 29.7 Å². The summed E-state index contributed by atoms with van der Waals surface area (Å²) in [4.78, 5) is 0. The lowest BCUT2D eigenvalue weighted by atomic mass is 9.94. The maximum absolute atomic E-state index is 6.15. The van der Waals surface area contributed by atoms with Crippen molar-refractivity contribution in [2.45, 2.75) is 33.2 Å². The third kappa shape index (κ3) is 2.70. The molecule has 4 heteroatoms. The second kappa shape index (κ2) is 4.94. The molecule has 3 nitrogen and oxygen atoms in total. The molecule has 0 saturated heterocycles. The van der Waals surface area contributed by atoms with Gasteiger partial charge in [-0.3, -0.25) is 0 Å². The first-order chi connectivity index (χ1) is 8.08. The Bertz CT molecular complexity index is 482. The number of nitrogens with two attached hydrogens (primary N) is 1. The minimum atomic E-state index is -0.0612. The van der Waals surface area contributed by atoms with E-state index in [-0.39, 0.29) is 6.04 Å². The van der Waals surface area contributed by atoms with Crippen LogP contribution in [0.3, 0.4) is 0 Å². The first kappa shape index (κ1) is 12.2. The summed E-state index contributed by atoms with van der Waals surface area (Å²) in [6.45, 7) is 6.40. The highest BCUT2D eigenvalue weighted by Gasteiger charge is 2.13. The topological polar surface area (TPSA) is 51.8 Å². The molecule has 2 aromatic rings. The fourth-order valence-corrected chi connectivity index (χ4v) is 2.67. The molecule has 0 aliphatic rings. The molecular weight excluding hydrogens is 230 g/mol. The molecule has 90 valence electrons. The maximum atomic E-state index is 6.15.